The third kappa shape index (κ3) is 2.46. The molecule has 0 saturated heterocycles. The molecule has 0 aromatic heterocycles. The molecule has 0 N–H and O–H groups in total. The molecule has 1 aromatic carbocycles. The molecule has 7 heteroatoms. The SMILES string of the molecule is N#Cc1cc(C(=O)C(F)(F)F)cc(Cl)c1Cl. The molecule has 0 aliphatic carbocycles. The van der Waals surface area contributed by atoms with Gasteiger partial charge in [-0.05, 0) is 12.1 Å². The number of benzene rings is 1. The van der Waals surface area contributed by atoms with Gasteiger partial charge < -0.3 is 0 Å². The fraction of sp³-hybridized carbons (Fsp3) is 0.111. The summed E-state index contributed by atoms with van der Waals surface area (Å²) in [7, 11) is 0. The van der Waals surface area contributed by atoms with Crippen LogP contribution in [0.2, 0.25) is 10.0 Å². The molecule has 0 saturated carbocycles. The highest BCUT2D eigenvalue weighted by Crippen LogP contribution is 2.30. The molecule has 0 radical (unpaired) electrons. The van der Waals surface area contributed by atoms with Crippen molar-refractivity contribution in [1.82, 2.24) is 0 Å². The van der Waals surface area contributed by atoms with Gasteiger partial charge >= 0.3 is 6.18 Å². The summed E-state index contributed by atoms with van der Waals surface area (Å²) in [5.74, 6) is -2.07. The van der Waals surface area contributed by atoms with Crippen LogP contribution >= 0.6 is 23.2 Å². The molecule has 0 fully saturated rings. The van der Waals surface area contributed by atoms with E-state index in [1.807, 2.05) is 0 Å². The summed E-state index contributed by atoms with van der Waals surface area (Å²) in [5, 5.41) is 8.12. The Kier molecular flexibility index (Phi) is 3.46. The molecule has 0 aliphatic rings. The maximum absolute atomic E-state index is 12.1. The lowest BCUT2D eigenvalue weighted by Crippen LogP contribution is -2.22. The number of ketones is 1. The predicted octanol–water partition coefficient (Wildman–Crippen LogP) is 3.61. The van der Waals surface area contributed by atoms with Crippen molar-refractivity contribution in [2.45, 2.75) is 6.18 Å². The zero-order chi connectivity index (χ0) is 12.5. The number of Topliss-reactive ketones (excluding diaryl/α,β-unsaturated/α-hetero) is 1. The fourth-order valence-corrected chi connectivity index (χ4v) is 1.34. The van der Waals surface area contributed by atoms with Crippen molar-refractivity contribution in [2.75, 3.05) is 0 Å². The monoisotopic (exact) mass is 267 g/mol. The Labute approximate surface area is 98.2 Å². The Morgan fingerprint density at radius 3 is 2.31 bits per heavy atom. The van der Waals surface area contributed by atoms with E-state index in [-0.39, 0.29) is 15.6 Å². The largest absolute Gasteiger partial charge is 0.454 e. The highest BCUT2D eigenvalue weighted by atomic mass is 35.5. The number of hydrogen-bond acceptors (Lipinski definition) is 2. The minimum Gasteiger partial charge on any atom is -0.284 e. The molecule has 0 unspecified atom stereocenters. The zero-order valence-electron chi connectivity index (χ0n) is 7.40. The van der Waals surface area contributed by atoms with Gasteiger partial charge in [0.15, 0.2) is 0 Å². The van der Waals surface area contributed by atoms with E-state index < -0.39 is 17.5 Å². The lowest BCUT2D eigenvalue weighted by molar-refractivity contribution is -0.0885. The van der Waals surface area contributed by atoms with Crippen LogP contribution in [0.5, 0.6) is 0 Å². The lowest BCUT2D eigenvalue weighted by atomic mass is 10.1. The molecule has 0 aliphatic heterocycles. The van der Waals surface area contributed by atoms with Gasteiger partial charge in [0.25, 0.3) is 5.78 Å². The van der Waals surface area contributed by atoms with Crippen LogP contribution in [0.15, 0.2) is 12.1 Å². The summed E-state index contributed by atoms with van der Waals surface area (Å²) in [6.07, 6.45) is -5.01. The number of carbonyl (C=O) groups is 1. The fourth-order valence-electron chi connectivity index (χ4n) is 0.965. The zero-order valence-corrected chi connectivity index (χ0v) is 8.91. The van der Waals surface area contributed by atoms with Crippen LogP contribution in [0, 0.1) is 11.3 Å². The molecule has 0 bridgehead atoms. The van der Waals surface area contributed by atoms with Gasteiger partial charge in [0.05, 0.1) is 15.6 Å². The molecule has 1 rings (SSSR count). The molecule has 0 spiro atoms. The number of halogens is 5. The summed E-state index contributed by atoms with van der Waals surface area (Å²) in [4.78, 5) is 10.9. The minimum absolute atomic E-state index is 0.178. The van der Waals surface area contributed by atoms with Crippen molar-refractivity contribution < 1.29 is 18.0 Å². The lowest BCUT2D eigenvalue weighted by Gasteiger charge is -2.07. The van der Waals surface area contributed by atoms with Gasteiger partial charge in [-0.1, -0.05) is 23.2 Å². The van der Waals surface area contributed by atoms with Gasteiger partial charge in [0.1, 0.15) is 6.07 Å². The first-order chi connectivity index (χ1) is 7.27. The van der Waals surface area contributed by atoms with Gasteiger partial charge in [0, 0.05) is 5.56 Å². The first kappa shape index (κ1) is 12.8. The molecular weight excluding hydrogens is 266 g/mol. The quantitative estimate of drug-likeness (QED) is 0.730. The van der Waals surface area contributed by atoms with Crippen LogP contribution in [0.3, 0.4) is 0 Å². The smallest absolute Gasteiger partial charge is 0.284 e. The van der Waals surface area contributed by atoms with Crippen molar-refractivity contribution in [3.05, 3.63) is 33.3 Å². The van der Waals surface area contributed by atoms with E-state index in [0.29, 0.717) is 0 Å². The Balaban J connectivity index is 3.34. The predicted molar refractivity (Wildman–Crippen MR) is 51.6 cm³/mol. The second-order valence-corrected chi connectivity index (χ2v) is 3.54. The van der Waals surface area contributed by atoms with Crippen LogP contribution in [0.25, 0.3) is 0 Å². The van der Waals surface area contributed by atoms with Crippen molar-refractivity contribution in [3.63, 3.8) is 0 Å². The highest BCUT2D eigenvalue weighted by molar-refractivity contribution is 6.43. The van der Waals surface area contributed by atoms with E-state index in [4.69, 9.17) is 28.5 Å². The van der Waals surface area contributed by atoms with Crippen molar-refractivity contribution >= 4 is 29.0 Å². The molecule has 16 heavy (non-hydrogen) atoms. The topological polar surface area (TPSA) is 40.9 Å². The summed E-state index contributed by atoms with van der Waals surface area (Å²) < 4.78 is 36.3. The van der Waals surface area contributed by atoms with Gasteiger partial charge in [-0.15, -0.1) is 0 Å². The molecule has 2 nitrogen and oxygen atoms in total. The van der Waals surface area contributed by atoms with E-state index in [0.717, 1.165) is 12.1 Å². The first-order valence-corrected chi connectivity index (χ1v) is 4.53. The van der Waals surface area contributed by atoms with E-state index in [9.17, 15) is 18.0 Å². The van der Waals surface area contributed by atoms with E-state index >= 15 is 0 Å². The average Bonchev–Trinajstić information content (AvgIpc) is 2.19. The summed E-state index contributed by atoms with van der Waals surface area (Å²) >= 11 is 11.0. The third-order valence-electron chi connectivity index (χ3n) is 1.67. The van der Waals surface area contributed by atoms with Crippen LogP contribution < -0.4 is 0 Å². The van der Waals surface area contributed by atoms with Gasteiger partial charge in [-0.25, -0.2) is 0 Å². The Morgan fingerprint density at radius 1 is 1.31 bits per heavy atom. The Morgan fingerprint density at radius 2 is 1.88 bits per heavy atom. The van der Waals surface area contributed by atoms with Gasteiger partial charge in [-0.3, -0.25) is 4.79 Å². The molecular formula is C9H2Cl2F3NO. The molecule has 0 heterocycles. The van der Waals surface area contributed by atoms with E-state index in [1.165, 1.54) is 0 Å². The molecule has 0 amide bonds. The number of hydrogen-bond donors (Lipinski definition) is 0. The second kappa shape index (κ2) is 4.32. The minimum atomic E-state index is -5.01. The molecule has 0 atom stereocenters. The molecule has 1 aromatic rings. The number of alkyl halides is 3. The highest BCUT2D eigenvalue weighted by Gasteiger charge is 2.39. The van der Waals surface area contributed by atoms with Crippen molar-refractivity contribution in [3.8, 4) is 6.07 Å². The number of rotatable bonds is 1. The van der Waals surface area contributed by atoms with Crippen LogP contribution in [0.1, 0.15) is 15.9 Å². The van der Waals surface area contributed by atoms with Crippen molar-refractivity contribution in [1.29, 1.82) is 5.26 Å². The molecule has 84 valence electrons. The van der Waals surface area contributed by atoms with Crippen LogP contribution in [-0.2, 0) is 0 Å². The average molecular weight is 268 g/mol. The van der Waals surface area contributed by atoms with E-state index in [1.54, 1.807) is 6.07 Å². The summed E-state index contributed by atoms with van der Waals surface area (Å²) in [6.45, 7) is 0. The first-order valence-electron chi connectivity index (χ1n) is 3.78. The number of carbonyl (C=O) groups excluding carboxylic acids is 1. The van der Waals surface area contributed by atoms with E-state index in [2.05, 4.69) is 0 Å². The maximum Gasteiger partial charge on any atom is 0.454 e. The Hall–Kier alpha value is -1.25. The standard InChI is InChI=1S/C9H2Cl2F3NO/c10-6-2-4(8(16)9(12,13)14)1-5(3-15)7(6)11/h1-2H. The van der Waals surface area contributed by atoms with Crippen LogP contribution in [0.4, 0.5) is 13.2 Å². The second-order valence-electron chi connectivity index (χ2n) is 2.76. The van der Waals surface area contributed by atoms with Gasteiger partial charge in [0.2, 0.25) is 0 Å². The Bertz CT molecular complexity index is 491. The summed E-state index contributed by atoms with van der Waals surface area (Å²) in [5.41, 5.74) is -0.986. The normalized spacial score (nSPS) is 11.0. The number of nitriles is 1. The van der Waals surface area contributed by atoms with Crippen LogP contribution in [-0.4, -0.2) is 12.0 Å². The number of nitrogens with zero attached hydrogens (tertiary/aromatic N) is 1. The third-order valence-corrected chi connectivity index (χ3v) is 2.47. The maximum atomic E-state index is 12.1. The van der Waals surface area contributed by atoms with Crippen molar-refractivity contribution in [2.24, 2.45) is 0 Å². The van der Waals surface area contributed by atoms with Gasteiger partial charge in [-0.2, -0.15) is 18.4 Å². The summed E-state index contributed by atoms with van der Waals surface area (Å²) in [6, 6.07) is 3.08.